The van der Waals surface area contributed by atoms with Gasteiger partial charge in [0.1, 0.15) is 11.4 Å². The number of phenolic OH excluding ortho intramolecular Hbond substituents is 1. The number of benzene rings is 1. The molecule has 0 radical (unpaired) electrons. The molecule has 6 heteroatoms. The quantitative estimate of drug-likeness (QED) is 0.566. The Balaban J connectivity index is 2.00. The monoisotopic (exact) mass is 309 g/mol. The van der Waals surface area contributed by atoms with Crippen molar-refractivity contribution in [2.24, 2.45) is 0 Å². The number of aromatic nitrogens is 3. The summed E-state index contributed by atoms with van der Waals surface area (Å²) in [6.07, 6.45) is 1.78. The van der Waals surface area contributed by atoms with Gasteiger partial charge in [0.15, 0.2) is 5.82 Å². The first-order valence-corrected chi connectivity index (χ1v) is 7.57. The minimum Gasteiger partial charge on any atom is -0.508 e. The molecular weight excluding hydrogens is 298 g/mol. The fraction of sp³-hybridized carbons (Fsp3) is 0.0625. The van der Waals surface area contributed by atoms with Crippen LogP contribution in [0.1, 0.15) is 5.56 Å². The van der Waals surface area contributed by atoms with Crippen LogP contribution in [0.4, 0.5) is 0 Å². The van der Waals surface area contributed by atoms with E-state index in [1.165, 1.54) is 6.07 Å². The number of nitrogens with one attached hydrogen (secondary N) is 1. The smallest absolute Gasteiger partial charge is 0.259 e. The second-order valence-corrected chi connectivity index (χ2v) is 6.05. The Kier molecular flexibility index (Phi) is 2.74. The van der Waals surface area contributed by atoms with Gasteiger partial charge in [-0.15, -0.1) is 11.3 Å². The Labute approximate surface area is 128 Å². The normalized spacial score (nSPS) is 11.3. The number of hydrogen-bond acceptors (Lipinski definition) is 5. The highest BCUT2D eigenvalue weighted by Crippen LogP contribution is 2.25. The van der Waals surface area contributed by atoms with Crippen LogP contribution >= 0.6 is 11.3 Å². The van der Waals surface area contributed by atoms with E-state index in [2.05, 4.69) is 15.0 Å². The molecule has 0 aliphatic heterocycles. The summed E-state index contributed by atoms with van der Waals surface area (Å²) in [6.45, 7) is 1.81. The molecule has 0 bridgehead atoms. The number of hydrogen-bond donors (Lipinski definition) is 2. The Morgan fingerprint density at radius 3 is 3.00 bits per heavy atom. The van der Waals surface area contributed by atoms with Crippen LogP contribution in [-0.4, -0.2) is 20.1 Å². The Morgan fingerprint density at radius 2 is 2.14 bits per heavy atom. The lowest BCUT2D eigenvalue weighted by Crippen LogP contribution is -2.10. The molecule has 0 spiro atoms. The predicted molar refractivity (Wildman–Crippen MR) is 87.4 cm³/mol. The number of fused-ring (bicyclic) bond motifs is 2. The number of rotatable bonds is 1. The van der Waals surface area contributed by atoms with E-state index in [1.54, 1.807) is 23.6 Å². The van der Waals surface area contributed by atoms with E-state index < -0.39 is 0 Å². The summed E-state index contributed by atoms with van der Waals surface area (Å²) in [7, 11) is 0. The zero-order valence-electron chi connectivity index (χ0n) is 11.6. The van der Waals surface area contributed by atoms with E-state index in [9.17, 15) is 9.90 Å². The minimum absolute atomic E-state index is 0.0582. The average molecular weight is 309 g/mol. The van der Waals surface area contributed by atoms with Gasteiger partial charge >= 0.3 is 0 Å². The van der Waals surface area contributed by atoms with Crippen LogP contribution < -0.4 is 5.56 Å². The van der Waals surface area contributed by atoms with E-state index in [0.29, 0.717) is 22.4 Å². The lowest BCUT2D eigenvalue weighted by atomic mass is 10.1. The molecule has 0 saturated heterocycles. The number of nitrogens with zero attached hydrogens (tertiary/aromatic N) is 2. The fourth-order valence-corrected chi connectivity index (χ4v) is 3.25. The molecule has 0 aliphatic carbocycles. The highest BCUT2D eigenvalue weighted by atomic mass is 32.1. The molecule has 108 valence electrons. The van der Waals surface area contributed by atoms with Gasteiger partial charge in [0.2, 0.25) is 0 Å². The molecule has 2 N–H and O–H groups in total. The number of aryl methyl sites for hydroxylation is 1. The van der Waals surface area contributed by atoms with E-state index in [1.807, 2.05) is 24.4 Å². The van der Waals surface area contributed by atoms with Crippen molar-refractivity contribution < 1.29 is 5.11 Å². The van der Waals surface area contributed by atoms with Crippen LogP contribution in [0, 0.1) is 6.92 Å². The standard InChI is InChI=1S/C16H11N3O2S/c1-8-4-10(20)6-11-14(8)18-15(19-16(11)21)12-5-9-2-3-22-13(9)7-17-12/h2-7,20H,1H3,(H,18,19,21). The third-order valence-electron chi connectivity index (χ3n) is 3.57. The molecule has 3 heterocycles. The SMILES string of the molecule is Cc1cc(O)cc2c(=O)[nH]c(-c3cc4ccsc4cn3)nc12. The molecule has 0 atom stereocenters. The van der Waals surface area contributed by atoms with Crippen molar-refractivity contribution in [1.82, 2.24) is 15.0 Å². The van der Waals surface area contributed by atoms with Crippen molar-refractivity contribution in [3.63, 3.8) is 0 Å². The first kappa shape index (κ1) is 13.0. The van der Waals surface area contributed by atoms with Crippen molar-refractivity contribution in [2.45, 2.75) is 6.92 Å². The van der Waals surface area contributed by atoms with E-state index >= 15 is 0 Å². The number of H-pyrrole nitrogens is 1. The number of pyridine rings is 1. The van der Waals surface area contributed by atoms with Crippen LogP contribution in [0.5, 0.6) is 5.75 Å². The van der Waals surface area contributed by atoms with Gasteiger partial charge in [-0.3, -0.25) is 9.78 Å². The average Bonchev–Trinajstić information content (AvgIpc) is 2.95. The molecule has 3 aromatic heterocycles. The third-order valence-corrected chi connectivity index (χ3v) is 4.44. The highest BCUT2D eigenvalue weighted by molar-refractivity contribution is 7.17. The largest absolute Gasteiger partial charge is 0.508 e. The van der Waals surface area contributed by atoms with Crippen molar-refractivity contribution in [1.29, 1.82) is 0 Å². The van der Waals surface area contributed by atoms with Crippen molar-refractivity contribution >= 4 is 32.3 Å². The number of aromatic hydroxyl groups is 1. The summed E-state index contributed by atoms with van der Waals surface area (Å²) in [6, 6.07) is 6.93. The van der Waals surface area contributed by atoms with Gasteiger partial charge < -0.3 is 10.1 Å². The second-order valence-electron chi connectivity index (χ2n) is 5.10. The third kappa shape index (κ3) is 1.96. The highest BCUT2D eigenvalue weighted by Gasteiger charge is 2.11. The van der Waals surface area contributed by atoms with Crippen LogP contribution in [0.15, 0.2) is 40.6 Å². The molecule has 1 aromatic carbocycles. The Morgan fingerprint density at radius 1 is 1.27 bits per heavy atom. The zero-order chi connectivity index (χ0) is 15.3. The first-order chi connectivity index (χ1) is 10.6. The van der Waals surface area contributed by atoms with E-state index in [4.69, 9.17) is 0 Å². The molecular formula is C16H11N3O2S. The van der Waals surface area contributed by atoms with Gasteiger partial charge in [0, 0.05) is 6.20 Å². The summed E-state index contributed by atoms with van der Waals surface area (Å²) in [5.41, 5.74) is 1.66. The van der Waals surface area contributed by atoms with Crippen LogP contribution in [0.2, 0.25) is 0 Å². The summed E-state index contributed by atoms with van der Waals surface area (Å²) in [5, 5.41) is 13.1. The predicted octanol–water partition coefficient (Wildman–Crippen LogP) is 3.21. The molecule has 0 fully saturated rings. The van der Waals surface area contributed by atoms with Crippen LogP contribution in [0.3, 0.4) is 0 Å². The topological polar surface area (TPSA) is 78.9 Å². The van der Waals surface area contributed by atoms with E-state index in [0.717, 1.165) is 15.6 Å². The van der Waals surface area contributed by atoms with Gasteiger partial charge in [0.05, 0.1) is 15.6 Å². The van der Waals surface area contributed by atoms with Gasteiger partial charge in [-0.1, -0.05) is 0 Å². The zero-order valence-corrected chi connectivity index (χ0v) is 12.4. The fourth-order valence-electron chi connectivity index (χ4n) is 2.52. The van der Waals surface area contributed by atoms with Crippen molar-refractivity contribution in [3.05, 3.63) is 51.8 Å². The van der Waals surface area contributed by atoms with Crippen molar-refractivity contribution in [2.75, 3.05) is 0 Å². The molecule has 4 rings (SSSR count). The minimum atomic E-state index is -0.286. The number of aromatic amines is 1. The lowest BCUT2D eigenvalue weighted by Gasteiger charge is -2.05. The van der Waals surface area contributed by atoms with Gasteiger partial charge in [-0.25, -0.2) is 4.98 Å². The summed E-state index contributed by atoms with van der Waals surface area (Å²) < 4.78 is 1.09. The molecule has 0 unspecified atom stereocenters. The van der Waals surface area contributed by atoms with Gasteiger partial charge in [-0.05, 0) is 47.5 Å². The molecule has 0 amide bonds. The number of thiophene rings is 1. The second kappa shape index (κ2) is 4.64. The van der Waals surface area contributed by atoms with Crippen molar-refractivity contribution in [3.8, 4) is 17.3 Å². The first-order valence-electron chi connectivity index (χ1n) is 6.69. The Hall–Kier alpha value is -2.73. The molecule has 0 aliphatic rings. The van der Waals surface area contributed by atoms with Crippen LogP contribution in [0.25, 0.3) is 32.5 Å². The molecule has 4 aromatic rings. The maximum Gasteiger partial charge on any atom is 0.259 e. The molecule has 5 nitrogen and oxygen atoms in total. The summed E-state index contributed by atoms with van der Waals surface area (Å²) >= 11 is 1.62. The molecule has 0 saturated carbocycles. The maximum absolute atomic E-state index is 12.3. The van der Waals surface area contributed by atoms with Crippen LogP contribution in [-0.2, 0) is 0 Å². The number of phenols is 1. The molecule has 22 heavy (non-hydrogen) atoms. The van der Waals surface area contributed by atoms with E-state index in [-0.39, 0.29) is 11.3 Å². The van der Waals surface area contributed by atoms with Gasteiger partial charge in [0.25, 0.3) is 5.56 Å². The Bertz CT molecular complexity index is 1080. The lowest BCUT2D eigenvalue weighted by molar-refractivity contribution is 0.475. The van der Waals surface area contributed by atoms with Gasteiger partial charge in [-0.2, -0.15) is 0 Å². The summed E-state index contributed by atoms with van der Waals surface area (Å²) in [4.78, 5) is 23.9. The maximum atomic E-state index is 12.3. The summed E-state index contributed by atoms with van der Waals surface area (Å²) in [5.74, 6) is 0.488.